The molecule has 0 radical (unpaired) electrons. The van der Waals surface area contributed by atoms with Gasteiger partial charge in [0.05, 0.1) is 16.7 Å². The van der Waals surface area contributed by atoms with Crippen molar-refractivity contribution in [2.24, 2.45) is 7.05 Å². The van der Waals surface area contributed by atoms with Gasteiger partial charge in [0, 0.05) is 31.5 Å². The van der Waals surface area contributed by atoms with Crippen molar-refractivity contribution >= 4 is 27.7 Å². The molecule has 0 fully saturated rings. The SMILES string of the molecule is Cc1c(C(=O)Nc2cccc(S(=O)(=O)NCCNC(=O)OC(C)(C)C)c2)cnn1C. The van der Waals surface area contributed by atoms with Crippen LogP contribution in [0.25, 0.3) is 0 Å². The number of carbonyl (C=O) groups is 2. The largest absolute Gasteiger partial charge is 0.444 e. The minimum Gasteiger partial charge on any atom is -0.444 e. The zero-order chi connectivity index (χ0) is 22.5. The molecule has 1 aromatic heterocycles. The van der Waals surface area contributed by atoms with Gasteiger partial charge in [0.2, 0.25) is 10.0 Å². The fraction of sp³-hybridized carbons (Fsp3) is 0.421. The average Bonchev–Trinajstić information content (AvgIpc) is 2.97. The summed E-state index contributed by atoms with van der Waals surface area (Å²) in [5, 5.41) is 9.16. The first-order chi connectivity index (χ1) is 13.9. The van der Waals surface area contributed by atoms with Gasteiger partial charge in [-0.25, -0.2) is 17.9 Å². The minimum absolute atomic E-state index is 0.0134. The van der Waals surface area contributed by atoms with Gasteiger partial charge in [-0.3, -0.25) is 9.48 Å². The first kappa shape index (κ1) is 23.4. The van der Waals surface area contributed by atoms with Crippen LogP contribution in [0.15, 0.2) is 35.4 Å². The Morgan fingerprint density at radius 2 is 1.90 bits per heavy atom. The van der Waals surface area contributed by atoms with Crippen LogP contribution in [0, 0.1) is 6.92 Å². The van der Waals surface area contributed by atoms with E-state index in [1.165, 1.54) is 24.4 Å². The van der Waals surface area contributed by atoms with E-state index in [1.807, 2.05) is 0 Å². The number of ether oxygens (including phenoxy) is 1. The van der Waals surface area contributed by atoms with E-state index in [-0.39, 0.29) is 23.9 Å². The molecule has 0 saturated heterocycles. The highest BCUT2D eigenvalue weighted by Crippen LogP contribution is 2.17. The van der Waals surface area contributed by atoms with Crippen molar-refractivity contribution in [1.29, 1.82) is 0 Å². The Labute approximate surface area is 176 Å². The highest BCUT2D eigenvalue weighted by Gasteiger charge is 2.18. The van der Waals surface area contributed by atoms with E-state index in [0.717, 1.165) is 0 Å². The van der Waals surface area contributed by atoms with Gasteiger partial charge in [-0.1, -0.05) is 6.07 Å². The normalized spacial score (nSPS) is 11.8. The summed E-state index contributed by atoms with van der Waals surface area (Å²) < 4.78 is 34.0. The van der Waals surface area contributed by atoms with Crippen molar-refractivity contribution in [3.63, 3.8) is 0 Å². The van der Waals surface area contributed by atoms with Gasteiger partial charge in [0.15, 0.2) is 0 Å². The fourth-order valence-corrected chi connectivity index (χ4v) is 3.49. The Bertz CT molecular complexity index is 1020. The van der Waals surface area contributed by atoms with E-state index in [4.69, 9.17) is 4.74 Å². The molecule has 1 aromatic carbocycles. The van der Waals surface area contributed by atoms with E-state index in [2.05, 4.69) is 20.5 Å². The molecule has 0 spiro atoms. The molecule has 0 saturated carbocycles. The second-order valence-corrected chi connectivity index (χ2v) is 9.34. The van der Waals surface area contributed by atoms with Gasteiger partial charge < -0.3 is 15.4 Å². The summed E-state index contributed by atoms with van der Waals surface area (Å²) in [5.74, 6) is -0.385. The molecule has 0 aliphatic heterocycles. The predicted octanol–water partition coefficient (Wildman–Crippen LogP) is 1.78. The minimum atomic E-state index is -3.83. The number of amides is 2. The molecule has 0 bridgehead atoms. The summed E-state index contributed by atoms with van der Waals surface area (Å²) in [6.07, 6.45) is 0.821. The lowest BCUT2D eigenvalue weighted by atomic mass is 10.2. The quantitative estimate of drug-likeness (QED) is 0.566. The van der Waals surface area contributed by atoms with Crippen molar-refractivity contribution in [2.45, 2.75) is 38.2 Å². The molecule has 0 aliphatic rings. The van der Waals surface area contributed by atoms with E-state index in [0.29, 0.717) is 16.9 Å². The lowest BCUT2D eigenvalue weighted by Gasteiger charge is -2.19. The Balaban J connectivity index is 1.96. The number of alkyl carbamates (subject to hydrolysis) is 1. The number of benzene rings is 1. The third-order valence-corrected chi connectivity index (χ3v) is 5.43. The number of nitrogens with zero attached hydrogens (tertiary/aromatic N) is 2. The van der Waals surface area contributed by atoms with E-state index in [9.17, 15) is 18.0 Å². The highest BCUT2D eigenvalue weighted by atomic mass is 32.2. The van der Waals surface area contributed by atoms with Gasteiger partial charge >= 0.3 is 6.09 Å². The van der Waals surface area contributed by atoms with Crippen LogP contribution in [0.2, 0.25) is 0 Å². The summed E-state index contributed by atoms with van der Waals surface area (Å²) in [4.78, 5) is 24.0. The number of sulfonamides is 1. The molecule has 0 aliphatic carbocycles. The molecule has 164 valence electrons. The predicted molar refractivity (Wildman–Crippen MR) is 112 cm³/mol. The molecule has 2 aromatic rings. The molecule has 2 amide bonds. The molecule has 10 nitrogen and oxygen atoms in total. The Kier molecular flexibility index (Phi) is 7.21. The van der Waals surface area contributed by atoms with Gasteiger partial charge in [0.1, 0.15) is 5.60 Å². The van der Waals surface area contributed by atoms with E-state index >= 15 is 0 Å². The molecule has 0 unspecified atom stereocenters. The Morgan fingerprint density at radius 3 is 2.50 bits per heavy atom. The summed E-state index contributed by atoms with van der Waals surface area (Å²) >= 11 is 0. The third kappa shape index (κ3) is 6.56. The first-order valence-electron chi connectivity index (χ1n) is 9.25. The van der Waals surface area contributed by atoms with Crippen molar-refractivity contribution in [1.82, 2.24) is 19.8 Å². The van der Waals surface area contributed by atoms with Crippen LogP contribution >= 0.6 is 0 Å². The number of aryl methyl sites for hydroxylation is 1. The maximum absolute atomic E-state index is 12.5. The molecule has 30 heavy (non-hydrogen) atoms. The van der Waals surface area contributed by atoms with E-state index < -0.39 is 21.7 Å². The summed E-state index contributed by atoms with van der Waals surface area (Å²) in [7, 11) is -2.11. The molecule has 0 atom stereocenters. The monoisotopic (exact) mass is 437 g/mol. The summed E-state index contributed by atoms with van der Waals surface area (Å²) in [6, 6.07) is 5.88. The van der Waals surface area contributed by atoms with Gasteiger partial charge in [-0.05, 0) is 45.9 Å². The number of nitrogens with one attached hydrogen (secondary N) is 3. The van der Waals surface area contributed by atoms with Crippen molar-refractivity contribution in [2.75, 3.05) is 18.4 Å². The topological polar surface area (TPSA) is 131 Å². The van der Waals surface area contributed by atoms with Crippen LogP contribution < -0.4 is 15.4 Å². The molecule has 2 rings (SSSR count). The van der Waals surface area contributed by atoms with Crippen molar-refractivity contribution in [3.8, 4) is 0 Å². The maximum Gasteiger partial charge on any atom is 0.407 e. The number of hydrogen-bond donors (Lipinski definition) is 3. The number of rotatable bonds is 7. The number of anilines is 1. The zero-order valence-corrected chi connectivity index (χ0v) is 18.5. The maximum atomic E-state index is 12.5. The average molecular weight is 438 g/mol. The van der Waals surface area contributed by atoms with Crippen LogP contribution in [-0.2, 0) is 21.8 Å². The standard InChI is InChI=1S/C19H27N5O5S/c1-13-16(12-21-24(13)5)17(25)23-14-7-6-8-15(11-14)30(27,28)22-10-9-20-18(26)29-19(2,3)4/h6-8,11-12,22H,9-10H2,1-5H3,(H,20,26)(H,23,25). The first-order valence-corrected chi connectivity index (χ1v) is 10.7. The van der Waals surface area contributed by atoms with Gasteiger partial charge in [-0.2, -0.15) is 5.10 Å². The van der Waals surface area contributed by atoms with Crippen LogP contribution in [-0.4, -0.2) is 48.9 Å². The molecular weight excluding hydrogens is 410 g/mol. The third-order valence-electron chi connectivity index (χ3n) is 3.97. The van der Waals surface area contributed by atoms with Gasteiger partial charge in [-0.15, -0.1) is 0 Å². The highest BCUT2D eigenvalue weighted by molar-refractivity contribution is 7.89. The summed E-state index contributed by atoms with van der Waals surface area (Å²) in [5.41, 5.74) is 0.786. The number of aromatic nitrogens is 2. The van der Waals surface area contributed by atoms with E-state index in [1.54, 1.807) is 45.5 Å². The van der Waals surface area contributed by atoms with Crippen LogP contribution in [0.3, 0.4) is 0 Å². The number of hydrogen-bond acceptors (Lipinski definition) is 6. The molecular formula is C19H27N5O5S. The van der Waals surface area contributed by atoms with Crippen LogP contribution in [0.1, 0.15) is 36.8 Å². The van der Waals surface area contributed by atoms with Gasteiger partial charge in [0.25, 0.3) is 5.91 Å². The second kappa shape index (κ2) is 9.26. The smallest absolute Gasteiger partial charge is 0.407 e. The molecule has 1 heterocycles. The van der Waals surface area contributed by atoms with Crippen molar-refractivity contribution < 1.29 is 22.7 Å². The van der Waals surface area contributed by atoms with Crippen LogP contribution in [0.4, 0.5) is 10.5 Å². The van der Waals surface area contributed by atoms with Crippen LogP contribution in [0.5, 0.6) is 0 Å². The lowest BCUT2D eigenvalue weighted by molar-refractivity contribution is 0.0528. The Hall–Kier alpha value is -2.92. The van der Waals surface area contributed by atoms with Crippen molar-refractivity contribution in [3.05, 3.63) is 41.7 Å². The zero-order valence-electron chi connectivity index (χ0n) is 17.6. The molecule has 11 heteroatoms. The molecule has 3 N–H and O–H groups in total. The fourth-order valence-electron chi connectivity index (χ4n) is 2.41. The lowest BCUT2D eigenvalue weighted by Crippen LogP contribution is -2.37. The summed E-state index contributed by atoms with van der Waals surface area (Å²) in [6.45, 7) is 7.00. The second-order valence-electron chi connectivity index (χ2n) is 7.58. The Morgan fingerprint density at radius 1 is 1.20 bits per heavy atom. The number of carbonyl (C=O) groups excluding carboxylic acids is 2.